The molecule has 0 atom stereocenters. The molecular formula is C18H17Cl2N3O3. The maximum absolute atomic E-state index is 12.2. The monoisotopic (exact) mass is 393 g/mol. The molecule has 6 nitrogen and oxygen atoms in total. The third-order valence-electron chi connectivity index (χ3n) is 3.74. The number of nitrogens with zero attached hydrogens (tertiary/aromatic N) is 2. The normalized spacial score (nSPS) is 10.8. The van der Waals surface area contributed by atoms with Crippen molar-refractivity contribution in [2.45, 2.75) is 20.1 Å². The molecule has 0 saturated heterocycles. The summed E-state index contributed by atoms with van der Waals surface area (Å²) in [5, 5.41) is 8.00. The summed E-state index contributed by atoms with van der Waals surface area (Å²) in [6.07, 6.45) is 0. The molecule has 0 saturated carbocycles. The molecule has 1 aromatic carbocycles. The van der Waals surface area contributed by atoms with Gasteiger partial charge in [-0.25, -0.2) is 0 Å². The van der Waals surface area contributed by atoms with Gasteiger partial charge in [-0.1, -0.05) is 23.2 Å². The van der Waals surface area contributed by atoms with Crippen LogP contribution >= 0.6 is 23.2 Å². The maximum Gasteiger partial charge on any atom is 0.287 e. The minimum atomic E-state index is -0.316. The van der Waals surface area contributed by atoms with E-state index in [0.717, 1.165) is 11.4 Å². The standard InChI is InChI=1S/C18H17Cl2N3O3/c1-11-7-13(22-23(11)2)9-21-18(24)17-6-4-14(26-17)10-25-16-5-3-12(19)8-15(16)20/h3-8H,9-10H2,1-2H3,(H,21,24). The van der Waals surface area contributed by atoms with Gasteiger partial charge in [0.05, 0.1) is 17.3 Å². The summed E-state index contributed by atoms with van der Waals surface area (Å²) in [5.74, 6) is 0.890. The van der Waals surface area contributed by atoms with Gasteiger partial charge in [0.1, 0.15) is 18.1 Å². The lowest BCUT2D eigenvalue weighted by molar-refractivity contribution is 0.0918. The van der Waals surface area contributed by atoms with E-state index >= 15 is 0 Å². The van der Waals surface area contributed by atoms with Crippen molar-refractivity contribution in [2.75, 3.05) is 0 Å². The highest BCUT2D eigenvalue weighted by Gasteiger charge is 2.13. The molecule has 26 heavy (non-hydrogen) atoms. The Hall–Kier alpha value is -2.44. The second-order valence-electron chi connectivity index (χ2n) is 5.71. The first-order chi connectivity index (χ1) is 12.4. The van der Waals surface area contributed by atoms with E-state index in [2.05, 4.69) is 10.4 Å². The van der Waals surface area contributed by atoms with Crippen LogP contribution in [0.15, 0.2) is 40.8 Å². The molecule has 1 amide bonds. The third-order valence-corrected chi connectivity index (χ3v) is 4.27. The second-order valence-corrected chi connectivity index (χ2v) is 6.56. The van der Waals surface area contributed by atoms with Gasteiger partial charge >= 0.3 is 0 Å². The predicted octanol–water partition coefficient (Wildman–Crippen LogP) is 4.14. The summed E-state index contributed by atoms with van der Waals surface area (Å²) in [5.41, 5.74) is 1.80. The highest BCUT2D eigenvalue weighted by Crippen LogP contribution is 2.28. The topological polar surface area (TPSA) is 69.3 Å². The molecule has 1 N–H and O–H groups in total. The summed E-state index contributed by atoms with van der Waals surface area (Å²) >= 11 is 11.9. The average Bonchev–Trinajstić information content (AvgIpc) is 3.19. The first-order valence-electron chi connectivity index (χ1n) is 7.86. The number of rotatable bonds is 6. The molecule has 0 spiro atoms. The lowest BCUT2D eigenvalue weighted by atomic mass is 10.3. The van der Waals surface area contributed by atoms with Crippen LogP contribution in [0.25, 0.3) is 0 Å². The molecular weight excluding hydrogens is 377 g/mol. The predicted molar refractivity (Wildman–Crippen MR) is 98.6 cm³/mol. The van der Waals surface area contributed by atoms with Crippen LogP contribution in [0.1, 0.15) is 27.7 Å². The van der Waals surface area contributed by atoms with Crippen molar-refractivity contribution >= 4 is 29.1 Å². The number of ether oxygens (including phenoxy) is 1. The van der Waals surface area contributed by atoms with Crippen molar-refractivity contribution in [1.29, 1.82) is 0 Å². The molecule has 0 unspecified atom stereocenters. The summed E-state index contributed by atoms with van der Waals surface area (Å²) in [7, 11) is 1.85. The Morgan fingerprint density at radius 1 is 1.27 bits per heavy atom. The molecule has 3 aromatic rings. The van der Waals surface area contributed by atoms with Gasteiger partial charge < -0.3 is 14.5 Å². The molecule has 2 heterocycles. The molecule has 0 aliphatic carbocycles. The van der Waals surface area contributed by atoms with E-state index in [0.29, 0.717) is 28.1 Å². The first-order valence-corrected chi connectivity index (χ1v) is 8.62. The molecule has 2 aromatic heterocycles. The van der Waals surface area contributed by atoms with Crippen molar-refractivity contribution < 1.29 is 13.9 Å². The van der Waals surface area contributed by atoms with Crippen LogP contribution in [0.4, 0.5) is 0 Å². The van der Waals surface area contributed by atoms with Gasteiger partial charge in [-0.3, -0.25) is 9.48 Å². The van der Waals surface area contributed by atoms with Gasteiger partial charge in [0.2, 0.25) is 0 Å². The number of amides is 1. The van der Waals surface area contributed by atoms with E-state index in [1.165, 1.54) is 0 Å². The van der Waals surface area contributed by atoms with Gasteiger partial charge in [0.15, 0.2) is 5.76 Å². The molecule has 0 aliphatic rings. The van der Waals surface area contributed by atoms with Gasteiger partial charge in [0.25, 0.3) is 5.91 Å². The Kier molecular flexibility index (Phi) is 5.54. The highest BCUT2D eigenvalue weighted by molar-refractivity contribution is 6.35. The number of carbonyl (C=O) groups is 1. The zero-order valence-electron chi connectivity index (χ0n) is 14.3. The minimum absolute atomic E-state index is 0.147. The van der Waals surface area contributed by atoms with E-state index in [9.17, 15) is 4.79 Å². The quantitative estimate of drug-likeness (QED) is 0.683. The Bertz CT molecular complexity index is 914. The molecule has 8 heteroatoms. The number of furan rings is 1. The van der Waals surface area contributed by atoms with E-state index < -0.39 is 0 Å². The average molecular weight is 394 g/mol. The van der Waals surface area contributed by atoms with Crippen molar-refractivity contribution in [2.24, 2.45) is 7.05 Å². The highest BCUT2D eigenvalue weighted by atomic mass is 35.5. The largest absolute Gasteiger partial charge is 0.484 e. The van der Waals surface area contributed by atoms with Crippen molar-refractivity contribution in [3.8, 4) is 5.75 Å². The Labute approximate surface area is 160 Å². The lowest BCUT2D eigenvalue weighted by Gasteiger charge is -2.06. The summed E-state index contributed by atoms with van der Waals surface area (Å²) in [6, 6.07) is 10.2. The second kappa shape index (κ2) is 7.85. The Morgan fingerprint density at radius 3 is 2.77 bits per heavy atom. The van der Waals surface area contributed by atoms with Crippen LogP contribution < -0.4 is 10.1 Å². The fraction of sp³-hybridized carbons (Fsp3) is 0.222. The van der Waals surface area contributed by atoms with Gasteiger partial charge in [0, 0.05) is 17.8 Å². The van der Waals surface area contributed by atoms with Crippen LogP contribution in [0.5, 0.6) is 5.75 Å². The van der Waals surface area contributed by atoms with Crippen molar-refractivity contribution in [3.05, 3.63) is 69.4 Å². The number of halogens is 2. The molecule has 0 aliphatic heterocycles. The number of aryl methyl sites for hydroxylation is 2. The summed E-state index contributed by atoms with van der Waals surface area (Å²) in [6.45, 7) is 2.42. The minimum Gasteiger partial charge on any atom is -0.484 e. The summed E-state index contributed by atoms with van der Waals surface area (Å²) < 4.78 is 12.9. The van der Waals surface area contributed by atoms with Crippen LogP contribution in [-0.2, 0) is 20.2 Å². The zero-order valence-corrected chi connectivity index (χ0v) is 15.8. The molecule has 0 fully saturated rings. The first kappa shape index (κ1) is 18.4. The Balaban J connectivity index is 1.55. The van der Waals surface area contributed by atoms with E-state index in [-0.39, 0.29) is 18.3 Å². The van der Waals surface area contributed by atoms with Gasteiger partial charge in [-0.2, -0.15) is 5.10 Å². The maximum atomic E-state index is 12.2. The van der Waals surface area contributed by atoms with Crippen LogP contribution in [0.2, 0.25) is 10.0 Å². The van der Waals surface area contributed by atoms with Crippen molar-refractivity contribution in [3.63, 3.8) is 0 Å². The number of nitrogens with one attached hydrogen (secondary N) is 1. The zero-order chi connectivity index (χ0) is 18.7. The van der Waals surface area contributed by atoms with E-state index in [4.69, 9.17) is 32.4 Å². The number of hydrogen-bond donors (Lipinski definition) is 1. The Morgan fingerprint density at radius 2 is 2.08 bits per heavy atom. The fourth-order valence-electron chi connectivity index (χ4n) is 2.30. The molecule has 0 bridgehead atoms. The number of hydrogen-bond acceptors (Lipinski definition) is 4. The van der Waals surface area contributed by atoms with E-state index in [1.807, 2.05) is 20.0 Å². The fourth-order valence-corrected chi connectivity index (χ4v) is 2.76. The van der Waals surface area contributed by atoms with Crippen LogP contribution in [0.3, 0.4) is 0 Å². The SMILES string of the molecule is Cc1cc(CNC(=O)c2ccc(COc3ccc(Cl)cc3Cl)o2)nn1C. The van der Waals surface area contributed by atoms with E-state index in [1.54, 1.807) is 35.0 Å². The summed E-state index contributed by atoms with van der Waals surface area (Å²) in [4.78, 5) is 12.2. The molecule has 3 rings (SSSR count). The number of benzene rings is 1. The number of aromatic nitrogens is 2. The van der Waals surface area contributed by atoms with Gasteiger partial charge in [-0.05, 0) is 43.3 Å². The smallest absolute Gasteiger partial charge is 0.287 e. The van der Waals surface area contributed by atoms with Crippen molar-refractivity contribution in [1.82, 2.24) is 15.1 Å². The van der Waals surface area contributed by atoms with Crippen LogP contribution in [-0.4, -0.2) is 15.7 Å². The molecule has 0 radical (unpaired) electrons. The van der Waals surface area contributed by atoms with Gasteiger partial charge in [-0.15, -0.1) is 0 Å². The van der Waals surface area contributed by atoms with Crippen LogP contribution in [0, 0.1) is 6.92 Å². The lowest BCUT2D eigenvalue weighted by Crippen LogP contribution is -2.22. The number of carbonyl (C=O) groups excluding carboxylic acids is 1. The molecule has 136 valence electrons. The third kappa shape index (κ3) is 4.39.